The molecule has 0 heterocycles. The number of carbonyl (C=O) groups is 2. The molecule has 0 bridgehead atoms. The Bertz CT molecular complexity index is 1020. The molecular weight excluding hydrogens is 404 g/mol. The number of nitrogens with zero attached hydrogens (tertiary/aromatic N) is 1. The molecule has 2 aromatic carbocycles. The van der Waals surface area contributed by atoms with Crippen molar-refractivity contribution in [1.29, 1.82) is 0 Å². The minimum Gasteiger partial charge on any atom is -0.370 e. The molecule has 162 valence electrons. The van der Waals surface area contributed by atoms with Crippen molar-refractivity contribution < 1.29 is 18.0 Å². The second kappa shape index (κ2) is 10.1. The molecule has 9 heteroatoms. The maximum absolute atomic E-state index is 12.8. The van der Waals surface area contributed by atoms with Crippen LogP contribution < -0.4 is 20.3 Å². The fourth-order valence-electron chi connectivity index (χ4n) is 3.07. The number of sulfonamides is 1. The highest BCUT2D eigenvalue weighted by Gasteiger charge is 2.16. The third kappa shape index (κ3) is 6.77. The molecule has 2 aromatic rings. The Kier molecular flexibility index (Phi) is 7.82. The molecule has 0 spiro atoms. The van der Waals surface area contributed by atoms with E-state index < -0.39 is 15.9 Å². The molecule has 8 nitrogen and oxygen atoms in total. The van der Waals surface area contributed by atoms with Gasteiger partial charge < -0.3 is 15.5 Å². The van der Waals surface area contributed by atoms with E-state index in [1.807, 2.05) is 38.1 Å². The monoisotopic (exact) mass is 432 g/mol. The molecule has 0 saturated heterocycles. The minimum atomic E-state index is -3.57. The molecule has 3 N–H and O–H groups in total. The van der Waals surface area contributed by atoms with Gasteiger partial charge in [-0.15, -0.1) is 0 Å². The van der Waals surface area contributed by atoms with Gasteiger partial charge in [-0.3, -0.25) is 14.3 Å². The smallest absolute Gasteiger partial charge is 0.253 e. The van der Waals surface area contributed by atoms with E-state index in [1.165, 1.54) is 25.1 Å². The second-order valence-electron chi connectivity index (χ2n) is 6.94. The number of carbonyl (C=O) groups excluding carboxylic acids is 2. The summed E-state index contributed by atoms with van der Waals surface area (Å²) < 4.78 is 25.6. The zero-order chi connectivity index (χ0) is 22.3. The number of hydrogen-bond acceptors (Lipinski definition) is 5. The van der Waals surface area contributed by atoms with Gasteiger partial charge in [0, 0.05) is 37.9 Å². The molecule has 0 aliphatic rings. The zero-order valence-electron chi connectivity index (χ0n) is 17.7. The largest absolute Gasteiger partial charge is 0.370 e. The van der Waals surface area contributed by atoms with E-state index in [4.69, 9.17) is 0 Å². The Morgan fingerprint density at radius 3 is 2.40 bits per heavy atom. The summed E-state index contributed by atoms with van der Waals surface area (Å²) in [6.45, 7) is 7.16. The number of amides is 2. The van der Waals surface area contributed by atoms with Gasteiger partial charge in [0.1, 0.15) is 0 Å². The van der Waals surface area contributed by atoms with Gasteiger partial charge in [0.05, 0.1) is 17.5 Å². The standard InChI is InChI=1S/C21H28N4O4S/c1-5-25(20-9-7-6-8-15(20)2)13-12-22-21(27)18-14-17(23-16(3)26)10-11-19(18)24-30(4,28)29/h6-11,14,24H,5,12-13H2,1-4H3,(H,22,27)(H,23,26). The van der Waals surface area contributed by atoms with Gasteiger partial charge in [-0.05, 0) is 43.7 Å². The van der Waals surface area contributed by atoms with Crippen molar-refractivity contribution in [3.05, 3.63) is 53.6 Å². The van der Waals surface area contributed by atoms with Crippen LogP contribution in [0, 0.1) is 6.92 Å². The van der Waals surface area contributed by atoms with E-state index in [-0.39, 0.29) is 17.2 Å². The summed E-state index contributed by atoms with van der Waals surface area (Å²) in [6.07, 6.45) is 1.01. The van der Waals surface area contributed by atoms with Crippen LogP contribution in [0.2, 0.25) is 0 Å². The summed E-state index contributed by atoms with van der Waals surface area (Å²) in [4.78, 5) is 26.3. The Labute approximate surface area is 177 Å². The SMILES string of the molecule is CCN(CCNC(=O)c1cc(NC(C)=O)ccc1NS(C)(=O)=O)c1ccccc1C. The summed E-state index contributed by atoms with van der Waals surface area (Å²) in [7, 11) is -3.57. The van der Waals surface area contributed by atoms with Crippen LogP contribution in [0.1, 0.15) is 29.8 Å². The topological polar surface area (TPSA) is 108 Å². The van der Waals surface area contributed by atoms with Gasteiger partial charge in [0.15, 0.2) is 0 Å². The number of anilines is 3. The highest BCUT2D eigenvalue weighted by molar-refractivity contribution is 7.92. The zero-order valence-corrected chi connectivity index (χ0v) is 18.5. The van der Waals surface area contributed by atoms with Crippen LogP contribution in [0.25, 0.3) is 0 Å². The highest BCUT2D eigenvalue weighted by Crippen LogP contribution is 2.22. The molecular formula is C21H28N4O4S. The van der Waals surface area contributed by atoms with Crippen LogP contribution in [0.3, 0.4) is 0 Å². The average molecular weight is 433 g/mol. The summed E-state index contributed by atoms with van der Waals surface area (Å²) in [5, 5.41) is 5.43. The Hall–Kier alpha value is -3.07. The number of hydrogen-bond donors (Lipinski definition) is 3. The van der Waals surface area contributed by atoms with Crippen molar-refractivity contribution in [2.24, 2.45) is 0 Å². The van der Waals surface area contributed by atoms with Gasteiger partial charge in [0.2, 0.25) is 15.9 Å². The molecule has 2 rings (SSSR count). The normalized spacial score (nSPS) is 10.9. The summed E-state index contributed by atoms with van der Waals surface area (Å²) in [5.41, 5.74) is 2.93. The van der Waals surface area contributed by atoms with Crippen molar-refractivity contribution in [2.45, 2.75) is 20.8 Å². The van der Waals surface area contributed by atoms with E-state index in [0.717, 1.165) is 24.1 Å². The first-order chi connectivity index (χ1) is 14.1. The predicted molar refractivity (Wildman–Crippen MR) is 121 cm³/mol. The third-order valence-corrected chi connectivity index (χ3v) is 4.98. The van der Waals surface area contributed by atoms with E-state index in [9.17, 15) is 18.0 Å². The van der Waals surface area contributed by atoms with E-state index >= 15 is 0 Å². The number of nitrogens with one attached hydrogen (secondary N) is 3. The van der Waals surface area contributed by atoms with Crippen molar-refractivity contribution in [3.8, 4) is 0 Å². The predicted octanol–water partition coefficient (Wildman–Crippen LogP) is 2.58. The van der Waals surface area contributed by atoms with Gasteiger partial charge >= 0.3 is 0 Å². The van der Waals surface area contributed by atoms with Crippen molar-refractivity contribution in [1.82, 2.24) is 5.32 Å². The molecule has 0 atom stereocenters. The van der Waals surface area contributed by atoms with Crippen LogP contribution in [-0.2, 0) is 14.8 Å². The quantitative estimate of drug-likeness (QED) is 0.565. The fourth-order valence-corrected chi connectivity index (χ4v) is 3.65. The minimum absolute atomic E-state index is 0.130. The summed E-state index contributed by atoms with van der Waals surface area (Å²) in [6, 6.07) is 12.4. The summed E-state index contributed by atoms with van der Waals surface area (Å²) in [5.74, 6) is -0.726. The van der Waals surface area contributed by atoms with Crippen LogP contribution >= 0.6 is 0 Å². The number of benzene rings is 2. The van der Waals surface area contributed by atoms with E-state index in [2.05, 4.69) is 20.3 Å². The number of para-hydroxylation sites is 1. The van der Waals surface area contributed by atoms with Gasteiger partial charge in [-0.1, -0.05) is 18.2 Å². The lowest BCUT2D eigenvalue weighted by Gasteiger charge is -2.25. The Balaban J connectivity index is 2.15. The first kappa shape index (κ1) is 23.2. The van der Waals surface area contributed by atoms with Crippen molar-refractivity contribution in [2.75, 3.05) is 40.8 Å². The molecule has 2 amide bonds. The van der Waals surface area contributed by atoms with Gasteiger partial charge in [-0.25, -0.2) is 8.42 Å². The molecule has 0 fully saturated rings. The first-order valence-corrected chi connectivity index (χ1v) is 11.5. The maximum atomic E-state index is 12.8. The van der Waals surface area contributed by atoms with Crippen LogP contribution in [-0.4, -0.2) is 46.1 Å². The van der Waals surface area contributed by atoms with E-state index in [1.54, 1.807) is 0 Å². The molecule has 30 heavy (non-hydrogen) atoms. The highest BCUT2D eigenvalue weighted by atomic mass is 32.2. The fraction of sp³-hybridized carbons (Fsp3) is 0.333. The Morgan fingerprint density at radius 2 is 1.80 bits per heavy atom. The molecule has 0 aliphatic heterocycles. The van der Waals surface area contributed by atoms with Gasteiger partial charge in [0.25, 0.3) is 5.91 Å². The number of aryl methyl sites for hydroxylation is 1. The lowest BCUT2D eigenvalue weighted by Crippen LogP contribution is -2.35. The maximum Gasteiger partial charge on any atom is 0.253 e. The van der Waals surface area contributed by atoms with Crippen LogP contribution in [0.15, 0.2) is 42.5 Å². The molecule has 0 aromatic heterocycles. The second-order valence-corrected chi connectivity index (χ2v) is 8.69. The van der Waals surface area contributed by atoms with Crippen molar-refractivity contribution in [3.63, 3.8) is 0 Å². The lowest BCUT2D eigenvalue weighted by molar-refractivity contribution is -0.114. The Morgan fingerprint density at radius 1 is 1.10 bits per heavy atom. The number of rotatable bonds is 9. The van der Waals surface area contributed by atoms with Crippen LogP contribution in [0.4, 0.5) is 17.1 Å². The molecule has 0 unspecified atom stereocenters. The lowest BCUT2D eigenvalue weighted by atomic mass is 10.1. The summed E-state index contributed by atoms with van der Waals surface area (Å²) >= 11 is 0. The van der Waals surface area contributed by atoms with E-state index in [0.29, 0.717) is 18.8 Å². The average Bonchev–Trinajstić information content (AvgIpc) is 2.65. The van der Waals surface area contributed by atoms with Crippen molar-refractivity contribution >= 4 is 38.9 Å². The molecule has 0 radical (unpaired) electrons. The molecule has 0 aliphatic carbocycles. The third-order valence-electron chi connectivity index (χ3n) is 4.39. The number of likely N-dealkylation sites (N-methyl/N-ethyl adjacent to an activating group) is 1. The van der Waals surface area contributed by atoms with Gasteiger partial charge in [-0.2, -0.15) is 0 Å². The molecule has 0 saturated carbocycles. The first-order valence-electron chi connectivity index (χ1n) is 9.59. The van der Waals surface area contributed by atoms with Crippen LogP contribution in [0.5, 0.6) is 0 Å².